The zero-order valence-electron chi connectivity index (χ0n) is 9.93. The van der Waals surface area contributed by atoms with Crippen molar-refractivity contribution < 1.29 is 4.79 Å². The molecule has 0 radical (unpaired) electrons. The molecule has 1 amide bonds. The Kier molecular flexibility index (Phi) is 4.10. The van der Waals surface area contributed by atoms with Crippen LogP contribution in [0.5, 0.6) is 0 Å². The first-order chi connectivity index (χ1) is 8.66. The van der Waals surface area contributed by atoms with Gasteiger partial charge in [-0.05, 0) is 36.8 Å². The Morgan fingerprint density at radius 1 is 1.33 bits per heavy atom. The highest BCUT2D eigenvalue weighted by atomic mass is 79.9. The molecule has 3 nitrogen and oxygen atoms in total. The Hall–Kier alpha value is -1.68. The van der Waals surface area contributed by atoms with Crippen LogP contribution in [0.4, 0.5) is 0 Å². The summed E-state index contributed by atoms with van der Waals surface area (Å²) in [6.07, 6.45) is 3.21. The molecule has 1 aromatic heterocycles. The largest absolute Gasteiger partial charge is 0.345 e. The summed E-state index contributed by atoms with van der Waals surface area (Å²) in [7, 11) is 0. The van der Waals surface area contributed by atoms with Gasteiger partial charge in [0, 0.05) is 16.9 Å². The minimum Gasteiger partial charge on any atom is -0.345 e. The number of hydrogen-bond donors (Lipinski definition) is 1. The minimum atomic E-state index is -0.115. The van der Waals surface area contributed by atoms with Crippen molar-refractivity contribution in [3.05, 3.63) is 64.4 Å². The molecular weight excluding hydrogens is 292 g/mol. The van der Waals surface area contributed by atoms with Crippen LogP contribution in [0.1, 0.15) is 28.9 Å². The molecule has 0 saturated heterocycles. The normalized spacial score (nSPS) is 11.9. The van der Waals surface area contributed by atoms with Crippen molar-refractivity contribution in [2.75, 3.05) is 0 Å². The second-order valence-electron chi connectivity index (χ2n) is 3.99. The number of rotatable bonds is 3. The lowest BCUT2D eigenvalue weighted by Gasteiger charge is -2.14. The molecule has 92 valence electrons. The molecule has 0 spiro atoms. The Morgan fingerprint density at radius 3 is 2.83 bits per heavy atom. The zero-order valence-corrected chi connectivity index (χ0v) is 11.5. The number of halogens is 1. The average molecular weight is 305 g/mol. The number of aromatic nitrogens is 1. The fourth-order valence-electron chi connectivity index (χ4n) is 1.64. The van der Waals surface area contributed by atoms with E-state index in [1.54, 1.807) is 24.5 Å². The SMILES string of the molecule is CC(NC(=O)c1cccnc1)c1cccc(Br)c1. The van der Waals surface area contributed by atoms with Gasteiger partial charge in [-0.15, -0.1) is 0 Å². The molecule has 1 aromatic carbocycles. The predicted molar refractivity (Wildman–Crippen MR) is 74.3 cm³/mol. The monoisotopic (exact) mass is 304 g/mol. The van der Waals surface area contributed by atoms with E-state index in [0.717, 1.165) is 10.0 Å². The van der Waals surface area contributed by atoms with Crippen LogP contribution >= 0.6 is 15.9 Å². The maximum Gasteiger partial charge on any atom is 0.253 e. The van der Waals surface area contributed by atoms with E-state index in [0.29, 0.717) is 5.56 Å². The summed E-state index contributed by atoms with van der Waals surface area (Å²) >= 11 is 3.42. The van der Waals surface area contributed by atoms with Crippen LogP contribution in [0.2, 0.25) is 0 Å². The van der Waals surface area contributed by atoms with Gasteiger partial charge in [0.25, 0.3) is 5.91 Å². The predicted octanol–water partition coefficient (Wildman–Crippen LogP) is 3.34. The van der Waals surface area contributed by atoms with E-state index in [1.807, 2.05) is 31.2 Å². The van der Waals surface area contributed by atoms with Gasteiger partial charge in [-0.2, -0.15) is 0 Å². The van der Waals surface area contributed by atoms with E-state index in [1.165, 1.54) is 0 Å². The standard InChI is InChI=1S/C14H13BrN2O/c1-10(11-4-2-6-13(15)8-11)17-14(18)12-5-3-7-16-9-12/h2-10H,1H3,(H,17,18). The van der Waals surface area contributed by atoms with Gasteiger partial charge in [-0.3, -0.25) is 9.78 Å². The van der Waals surface area contributed by atoms with Crippen LogP contribution < -0.4 is 5.32 Å². The van der Waals surface area contributed by atoms with Gasteiger partial charge >= 0.3 is 0 Å². The second-order valence-corrected chi connectivity index (χ2v) is 4.91. The van der Waals surface area contributed by atoms with E-state index < -0.39 is 0 Å². The average Bonchev–Trinajstić information content (AvgIpc) is 2.39. The lowest BCUT2D eigenvalue weighted by Crippen LogP contribution is -2.26. The molecule has 0 aliphatic heterocycles. The zero-order chi connectivity index (χ0) is 13.0. The molecule has 1 unspecified atom stereocenters. The Bertz CT molecular complexity index is 543. The molecule has 0 saturated carbocycles. The second kappa shape index (κ2) is 5.78. The Morgan fingerprint density at radius 2 is 2.17 bits per heavy atom. The molecule has 1 heterocycles. The van der Waals surface area contributed by atoms with Crippen LogP contribution in [-0.4, -0.2) is 10.9 Å². The molecule has 4 heteroatoms. The molecule has 1 N–H and O–H groups in total. The highest BCUT2D eigenvalue weighted by Crippen LogP contribution is 2.18. The van der Waals surface area contributed by atoms with Gasteiger partial charge in [0.1, 0.15) is 0 Å². The highest BCUT2D eigenvalue weighted by molar-refractivity contribution is 9.10. The van der Waals surface area contributed by atoms with E-state index >= 15 is 0 Å². The summed E-state index contributed by atoms with van der Waals surface area (Å²) in [5, 5.41) is 2.94. The van der Waals surface area contributed by atoms with Gasteiger partial charge < -0.3 is 5.32 Å². The van der Waals surface area contributed by atoms with Crippen LogP contribution in [0.25, 0.3) is 0 Å². The van der Waals surface area contributed by atoms with Crippen molar-refractivity contribution in [3.8, 4) is 0 Å². The summed E-state index contributed by atoms with van der Waals surface area (Å²) in [6.45, 7) is 1.95. The van der Waals surface area contributed by atoms with Gasteiger partial charge in [0.2, 0.25) is 0 Å². The number of carbonyl (C=O) groups excluding carboxylic acids is 1. The number of carbonyl (C=O) groups is 1. The van der Waals surface area contributed by atoms with E-state index in [-0.39, 0.29) is 11.9 Å². The van der Waals surface area contributed by atoms with Crippen LogP contribution in [-0.2, 0) is 0 Å². The molecule has 0 aliphatic rings. The first-order valence-corrected chi connectivity index (χ1v) is 6.42. The van der Waals surface area contributed by atoms with E-state index in [4.69, 9.17) is 0 Å². The van der Waals surface area contributed by atoms with Crippen molar-refractivity contribution in [2.45, 2.75) is 13.0 Å². The van der Waals surface area contributed by atoms with Gasteiger partial charge in [0.15, 0.2) is 0 Å². The van der Waals surface area contributed by atoms with Crippen LogP contribution in [0.3, 0.4) is 0 Å². The molecule has 2 rings (SSSR count). The van der Waals surface area contributed by atoms with Crippen LogP contribution in [0, 0.1) is 0 Å². The van der Waals surface area contributed by atoms with Crippen molar-refractivity contribution in [3.63, 3.8) is 0 Å². The number of benzene rings is 1. The van der Waals surface area contributed by atoms with Crippen molar-refractivity contribution >= 4 is 21.8 Å². The molecular formula is C14H13BrN2O. The third kappa shape index (κ3) is 3.17. The Labute approximate surface area is 114 Å². The molecule has 0 bridgehead atoms. The van der Waals surface area contributed by atoms with Crippen molar-refractivity contribution in [2.24, 2.45) is 0 Å². The first-order valence-electron chi connectivity index (χ1n) is 5.63. The third-order valence-electron chi connectivity index (χ3n) is 2.62. The number of nitrogens with zero attached hydrogens (tertiary/aromatic N) is 1. The topological polar surface area (TPSA) is 42.0 Å². The smallest absolute Gasteiger partial charge is 0.253 e. The Balaban J connectivity index is 2.08. The third-order valence-corrected chi connectivity index (χ3v) is 3.11. The molecule has 18 heavy (non-hydrogen) atoms. The maximum atomic E-state index is 12.0. The summed E-state index contributed by atoms with van der Waals surface area (Å²) in [6, 6.07) is 11.3. The summed E-state index contributed by atoms with van der Waals surface area (Å²) in [5.41, 5.74) is 1.63. The number of pyridine rings is 1. The quantitative estimate of drug-likeness (QED) is 0.945. The first kappa shape index (κ1) is 12.8. The highest BCUT2D eigenvalue weighted by Gasteiger charge is 2.11. The maximum absolute atomic E-state index is 12.0. The molecule has 2 aromatic rings. The number of nitrogens with one attached hydrogen (secondary N) is 1. The van der Waals surface area contributed by atoms with Gasteiger partial charge in [-0.1, -0.05) is 28.1 Å². The van der Waals surface area contributed by atoms with Gasteiger partial charge in [-0.25, -0.2) is 0 Å². The van der Waals surface area contributed by atoms with Crippen LogP contribution in [0.15, 0.2) is 53.3 Å². The van der Waals surface area contributed by atoms with Gasteiger partial charge in [0.05, 0.1) is 11.6 Å². The molecule has 0 aliphatic carbocycles. The fraction of sp³-hybridized carbons (Fsp3) is 0.143. The lowest BCUT2D eigenvalue weighted by atomic mass is 10.1. The van der Waals surface area contributed by atoms with E-state index in [2.05, 4.69) is 26.2 Å². The van der Waals surface area contributed by atoms with Crippen molar-refractivity contribution in [1.82, 2.24) is 10.3 Å². The molecule has 1 atom stereocenters. The summed E-state index contributed by atoms with van der Waals surface area (Å²) in [4.78, 5) is 15.9. The number of amides is 1. The fourth-order valence-corrected chi connectivity index (χ4v) is 2.05. The van der Waals surface area contributed by atoms with E-state index in [9.17, 15) is 4.79 Å². The summed E-state index contributed by atoms with van der Waals surface area (Å²) in [5.74, 6) is -0.115. The lowest BCUT2D eigenvalue weighted by molar-refractivity contribution is 0.0939. The number of hydrogen-bond acceptors (Lipinski definition) is 2. The van der Waals surface area contributed by atoms with Crippen molar-refractivity contribution in [1.29, 1.82) is 0 Å². The minimum absolute atomic E-state index is 0.0461. The summed E-state index contributed by atoms with van der Waals surface area (Å²) < 4.78 is 1.00. The molecule has 0 fully saturated rings.